The molecule has 0 bridgehead atoms. The smallest absolute Gasteiger partial charge is 0.0726 e. The van der Waals surface area contributed by atoms with E-state index in [9.17, 15) is 0 Å². The monoisotopic (exact) mass is 861 g/mol. The molecular formula is C66H55N. The molecule has 1 spiro atoms. The van der Waals surface area contributed by atoms with Gasteiger partial charge in [0.05, 0.1) is 5.41 Å². The summed E-state index contributed by atoms with van der Waals surface area (Å²) >= 11 is 0. The maximum absolute atomic E-state index is 2.58. The molecular weight excluding hydrogens is 807 g/mol. The lowest BCUT2D eigenvalue weighted by molar-refractivity contribution is 0.332. The maximum Gasteiger partial charge on any atom is 0.0726 e. The van der Waals surface area contributed by atoms with E-state index in [4.69, 9.17) is 0 Å². The van der Waals surface area contributed by atoms with Crippen LogP contribution in [0.1, 0.15) is 98.9 Å². The molecule has 9 aromatic carbocycles. The Balaban J connectivity index is 1.13. The summed E-state index contributed by atoms with van der Waals surface area (Å²) in [6.07, 6.45) is 2.35. The number of nitrogens with zero attached hydrogens (tertiary/aromatic N) is 1. The van der Waals surface area contributed by atoms with Crippen LogP contribution in [0.4, 0.5) is 17.1 Å². The number of hydrogen-bond donors (Lipinski definition) is 0. The molecule has 1 heteroatoms. The first-order valence-corrected chi connectivity index (χ1v) is 24.3. The number of fused-ring (bicyclic) bond motifs is 14. The van der Waals surface area contributed by atoms with Crippen LogP contribution in [0, 0.1) is 0 Å². The van der Waals surface area contributed by atoms with Gasteiger partial charge in [0.2, 0.25) is 0 Å². The van der Waals surface area contributed by atoms with E-state index in [-0.39, 0.29) is 16.2 Å². The molecule has 0 saturated carbocycles. The number of benzene rings is 9. The Bertz CT molecular complexity index is 3440. The van der Waals surface area contributed by atoms with Gasteiger partial charge in [-0.3, -0.25) is 0 Å². The Labute approximate surface area is 396 Å². The number of anilines is 3. The Morgan fingerprint density at radius 1 is 0.299 bits per heavy atom. The van der Waals surface area contributed by atoms with Crippen molar-refractivity contribution in [3.05, 3.63) is 245 Å². The minimum atomic E-state index is -0.510. The van der Waals surface area contributed by atoms with Crippen LogP contribution in [0.25, 0.3) is 55.6 Å². The Morgan fingerprint density at radius 2 is 0.776 bits per heavy atom. The maximum atomic E-state index is 2.58. The lowest BCUT2D eigenvalue weighted by atomic mass is 9.63. The molecule has 0 saturated heterocycles. The van der Waals surface area contributed by atoms with Crippen LogP contribution in [-0.4, -0.2) is 0 Å². The van der Waals surface area contributed by atoms with Crippen molar-refractivity contribution in [2.24, 2.45) is 0 Å². The van der Waals surface area contributed by atoms with Crippen LogP contribution in [0.5, 0.6) is 0 Å². The highest BCUT2D eigenvalue weighted by atomic mass is 15.1. The minimum absolute atomic E-state index is 0.0610. The largest absolute Gasteiger partial charge is 0.310 e. The molecule has 0 atom stereocenters. The summed E-state index contributed by atoms with van der Waals surface area (Å²) < 4.78 is 0. The Hall–Kier alpha value is -7.22. The molecule has 13 rings (SSSR count). The van der Waals surface area contributed by atoms with Gasteiger partial charge in [-0.2, -0.15) is 0 Å². The third-order valence-corrected chi connectivity index (χ3v) is 16.6. The van der Waals surface area contributed by atoms with Gasteiger partial charge in [-0.1, -0.05) is 205 Å². The van der Waals surface area contributed by atoms with Crippen LogP contribution in [0.15, 0.2) is 200 Å². The summed E-state index contributed by atoms with van der Waals surface area (Å²) in [4.78, 5) is 2.55. The van der Waals surface area contributed by atoms with Crippen molar-refractivity contribution >= 4 is 17.1 Å². The fourth-order valence-corrected chi connectivity index (χ4v) is 13.0. The number of hydrogen-bond acceptors (Lipinski definition) is 1. The van der Waals surface area contributed by atoms with Crippen molar-refractivity contribution in [1.29, 1.82) is 0 Å². The van der Waals surface area contributed by atoms with E-state index < -0.39 is 5.41 Å². The summed E-state index contributed by atoms with van der Waals surface area (Å²) in [5, 5.41) is 0. The van der Waals surface area contributed by atoms with E-state index in [1.54, 1.807) is 0 Å². The highest BCUT2D eigenvalue weighted by molar-refractivity contribution is 6.02. The lowest BCUT2D eigenvalue weighted by Gasteiger charge is -2.42. The fourth-order valence-electron chi connectivity index (χ4n) is 13.0. The van der Waals surface area contributed by atoms with Gasteiger partial charge in [0.15, 0.2) is 0 Å². The Kier molecular flexibility index (Phi) is 8.46. The molecule has 0 aliphatic heterocycles. The quantitative estimate of drug-likeness (QED) is 0.167. The zero-order valence-electron chi connectivity index (χ0n) is 39.4. The van der Waals surface area contributed by atoms with E-state index in [0.717, 1.165) is 17.1 Å². The summed E-state index contributed by atoms with van der Waals surface area (Å²) in [6, 6.07) is 76.5. The van der Waals surface area contributed by atoms with Crippen molar-refractivity contribution in [3.8, 4) is 55.6 Å². The summed E-state index contributed by atoms with van der Waals surface area (Å²) in [6.45, 7) is 14.6. The average Bonchev–Trinajstić information content (AvgIpc) is 3.92. The summed E-state index contributed by atoms with van der Waals surface area (Å²) in [5.41, 5.74) is 27.0. The van der Waals surface area contributed by atoms with Crippen LogP contribution in [0.2, 0.25) is 0 Å². The highest BCUT2D eigenvalue weighted by Crippen LogP contribution is 2.65. The molecule has 1 nitrogen and oxygen atoms in total. The van der Waals surface area contributed by atoms with Crippen molar-refractivity contribution < 1.29 is 0 Å². The van der Waals surface area contributed by atoms with Crippen LogP contribution in [-0.2, 0) is 21.7 Å². The molecule has 4 aliphatic carbocycles. The van der Waals surface area contributed by atoms with E-state index >= 15 is 0 Å². The first-order chi connectivity index (χ1) is 32.5. The predicted octanol–water partition coefficient (Wildman–Crippen LogP) is 17.5. The minimum Gasteiger partial charge on any atom is -0.310 e. The first kappa shape index (κ1) is 40.1. The number of rotatable bonds is 5. The molecule has 67 heavy (non-hydrogen) atoms. The predicted molar refractivity (Wildman–Crippen MR) is 281 cm³/mol. The van der Waals surface area contributed by atoms with E-state index in [0.29, 0.717) is 0 Å². The third-order valence-electron chi connectivity index (χ3n) is 16.6. The molecule has 0 fully saturated rings. The van der Waals surface area contributed by atoms with Gasteiger partial charge in [0.1, 0.15) is 0 Å². The second-order valence-corrected chi connectivity index (χ2v) is 21.5. The van der Waals surface area contributed by atoms with Gasteiger partial charge in [-0.05, 0) is 160 Å². The van der Waals surface area contributed by atoms with Gasteiger partial charge < -0.3 is 4.90 Å². The molecule has 0 heterocycles. The van der Waals surface area contributed by atoms with Crippen LogP contribution < -0.4 is 4.90 Å². The molecule has 0 aromatic heterocycles. The van der Waals surface area contributed by atoms with Gasteiger partial charge in [-0.25, -0.2) is 0 Å². The second kappa shape index (κ2) is 14.1. The molecule has 0 radical (unpaired) electrons. The van der Waals surface area contributed by atoms with Crippen molar-refractivity contribution in [3.63, 3.8) is 0 Å². The van der Waals surface area contributed by atoms with Crippen molar-refractivity contribution in [2.75, 3.05) is 4.90 Å². The van der Waals surface area contributed by atoms with Crippen LogP contribution >= 0.6 is 0 Å². The lowest BCUT2D eigenvalue weighted by Crippen LogP contribution is -2.33. The van der Waals surface area contributed by atoms with Gasteiger partial charge >= 0.3 is 0 Å². The zero-order valence-corrected chi connectivity index (χ0v) is 39.4. The van der Waals surface area contributed by atoms with E-state index in [1.807, 2.05) is 0 Å². The van der Waals surface area contributed by atoms with E-state index in [1.165, 1.54) is 113 Å². The average molecular weight is 862 g/mol. The normalized spacial score (nSPS) is 16.6. The standard InChI is InChI=1S/C66H55N/c1-63(2)36-37-64(3,4)60-38-44(30-35-58(60)63)53-39-47(41-61-62(53)52-23-13-17-27-57(52)66(61)55-25-15-11-21-49(55)50-22-12-16-26-56(50)66)67(45-31-28-43(29-32-45)42-18-8-7-9-19-42)46-33-34-51-48-20-10-14-24-54(48)65(5,6)59(51)40-46/h7-35,38-41H,36-37H2,1-6H3. The summed E-state index contributed by atoms with van der Waals surface area (Å²) in [7, 11) is 0. The van der Waals surface area contributed by atoms with E-state index in [2.05, 4.69) is 247 Å². The van der Waals surface area contributed by atoms with Gasteiger partial charge in [0.25, 0.3) is 0 Å². The molecule has 0 unspecified atom stereocenters. The summed E-state index contributed by atoms with van der Waals surface area (Å²) in [5.74, 6) is 0. The Morgan fingerprint density at radius 3 is 1.43 bits per heavy atom. The topological polar surface area (TPSA) is 3.24 Å². The molecule has 4 aliphatic rings. The molecule has 9 aromatic rings. The zero-order chi connectivity index (χ0) is 45.5. The third kappa shape index (κ3) is 5.61. The van der Waals surface area contributed by atoms with Crippen molar-refractivity contribution in [2.45, 2.75) is 76.0 Å². The molecule has 0 N–H and O–H groups in total. The van der Waals surface area contributed by atoms with Gasteiger partial charge in [0, 0.05) is 22.5 Å². The molecule has 324 valence electrons. The fraction of sp³-hybridized carbons (Fsp3) is 0.182. The highest BCUT2D eigenvalue weighted by Gasteiger charge is 2.52. The van der Waals surface area contributed by atoms with Gasteiger partial charge in [-0.15, -0.1) is 0 Å². The first-order valence-electron chi connectivity index (χ1n) is 24.3. The molecule has 0 amide bonds. The van der Waals surface area contributed by atoms with Crippen LogP contribution in [0.3, 0.4) is 0 Å². The second-order valence-electron chi connectivity index (χ2n) is 21.5. The van der Waals surface area contributed by atoms with Crippen molar-refractivity contribution in [1.82, 2.24) is 0 Å². The SMILES string of the molecule is CC1(C)CCC(C)(C)c2cc(-c3cc(N(c4ccc(-c5ccccc5)cc4)c4ccc5c(c4)C(C)(C)c4ccccc4-5)cc4c3-c3ccccc3C43c4ccccc4-c4ccccc43)ccc21.